The fourth-order valence-electron chi connectivity index (χ4n) is 3.03. The summed E-state index contributed by atoms with van der Waals surface area (Å²) in [7, 11) is 0. The number of allylic oxidation sites excluding steroid dienone is 2. The van der Waals surface area contributed by atoms with Crippen molar-refractivity contribution in [1.82, 2.24) is 0 Å². The average molecular weight is 397 g/mol. The number of carbonyl (C=O) groups excluding carboxylic acids is 2. The number of fused-ring (bicyclic) bond motifs is 2. The van der Waals surface area contributed by atoms with Crippen LogP contribution in [0.1, 0.15) is 12.8 Å². The minimum atomic E-state index is -0.303. The number of nitrogens with one attached hydrogen (secondary N) is 1. The van der Waals surface area contributed by atoms with Crippen LogP contribution in [0, 0.1) is 21.3 Å². The molecule has 1 aromatic carbocycles. The molecule has 0 saturated heterocycles. The smallest absolute Gasteiger partial charge is 0.310 e. The summed E-state index contributed by atoms with van der Waals surface area (Å²) in [6.07, 6.45) is 6.19. The minimum absolute atomic E-state index is 0.0638. The van der Waals surface area contributed by atoms with Gasteiger partial charge in [0.25, 0.3) is 5.91 Å². The molecule has 0 radical (unpaired) electrons. The molecule has 1 N–H and O–H groups in total. The van der Waals surface area contributed by atoms with Crippen molar-refractivity contribution in [1.29, 1.82) is 0 Å². The molecule has 2 bridgehead atoms. The van der Waals surface area contributed by atoms with Crippen molar-refractivity contribution in [3.8, 4) is 0 Å². The van der Waals surface area contributed by atoms with E-state index < -0.39 is 0 Å². The molecule has 3 unspecified atom stereocenters. The van der Waals surface area contributed by atoms with Gasteiger partial charge in [-0.1, -0.05) is 12.2 Å². The molecule has 2 aliphatic rings. The molecule has 3 atom stereocenters. The average Bonchev–Trinajstić information content (AvgIpc) is 3.10. The van der Waals surface area contributed by atoms with Crippen LogP contribution >= 0.6 is 22.6 Å². The highest BCUT2D eigenvalue weighted by atomic mass is 127. The van der Waals surface area contributed by atoms with Crippen molar-refractivity contribution < 1.29 is 14.3 Å². The van der Waals surface area contributed by atoms with Gasteiger partial charge in [0.2, 0.25) is 0 Å². The number of ether oxygens (including phenoxy) is 1. The first kappa shape index (κ1) is 14.6. The Balaban J connectivity index is 1.46. The van der Waals surface area contributed by atoms with Gasteiger partial charge in [-0.2, -0.15) is 0 Å². The number of amides is 1. The van der Waals surface area contributed by atoms with Crippen LogP contribution in [-0.2, 0) is 14.3 Å². The molecular weight excluding hydrogens is 381 g/mol. The molecule has 1 aromatic rings. The second-order valence-corrected chi connectivity index (χ2v) is 6.80. The minimum Gasteiger partial charge on any atom is -0.455 e. The molecule has 1 saturated carbocycles. The second kappa shape index (κ2) is 6.17. The van der Waals surface area contributed by atoms with Crippen LogP contribution in [0.25, 0.3) is 0 Å². The number of benzene rings is 1. The monoisotopic (exact) mass is 397 g/mol. The normalized spacial score (nSPS) is 25.9. The van der Waals surface area contributed by atoms with E-state index in [2.05, 4.69) is 40.1 Å². The number of halogens is 1. The SMILES string of the molecule is O=C(COC(=O)C1CC2C=CC1C2)Nc1ccc(I)cc1. The second-order valence-electron chi connectivity index (χ2n) is 5.55. The Labute approximate surface area is 137 Å². The molecule has 21 heavy (non-hydrogen) atoms. The Morgan fingerprint density at radius 1 is 1.19 bits per heavy atom. The Hall–Kier alpha value is -1.37. The summed E-state index contributed by atoms with van der Waals surface area (Å²) in [4.78, 5) is 23.8. The first-order valence-corrected chi connectivity index (χ1v) is 8.10. The zero-order valence-corrected chi connectivity index (χ0v) is 13.6. The number of hydrogen-bond acceptors (Lipinski definition) is 3. The summed E-state index contributed by atoms with van der Waals surface area (Å²) >= 11 is 2.20. The van der Waals surface area contributed by atoms with Gasteiger partial charge < -0.3 is 10.1 Å². The summed E-state index contributed by atoms with van der Waals surface area (Å²) in [5.41, 5.74) is 0.708. The van der Waals surface area contributed by atoms with Gasteiger partial charge in [0.05, 0.1) is 5.92 Å². The third kappa shape index (κ3) is 3.45. The molecule has 0 aliphatic heterocycles. The van der Waals surface area contributed by atoms with E-state index in [1.807, 2.05) is 24.3 Å². The van der Waals surface area contributed by atoms with Crippen LogP contribution in [-0.4, -0.2) is 18.5 Å². The molecule has 1 fully saturated rings. The van der Waals surface area contributed by atoms with E-state index in [9.17, 15) is 9.59 Å². The molecule has 0 heterocycles. The van der Waals surface area contributed by atoms with E-state index >= 15 is 0 Å². The molecule has 2 aliphatic carbocycles. The van der Waals surface area contributed by atoms with E-state index in [0.717, 1.165) is 16.4 Å². The van der Waals surface area contributed by atoms with Gasteiger partial charge in [0, 0.05) is 9.26 Å². The Morgan fingerprint density at radius 2 is 1.95 bits per heavy atom. The van der Waals surface area contributed by atoms with E-state index in [0.29, 0.717) is 17.5 Å². The van der Waals surface area contributed by atoms with Crippen LogP contribution in [0.3, 0.4) is 0 Å². The van der Waals surface area contributed by atoms with Crippen molar-refractivity contribution in [2.45, 2.75) is 12.8 Å². The number of rotatable bonds is 4. The van der Waals surface area contributed by atoms with E-state index in [4.69, 9.17) is 4.74 Å². The summed E-state index contributed by atoms with van der Waals surface area (Å²) in [5.74, 6) is 0.217. The highest BCUT2D eigenvalue weighted by molar-refractivity contribution is 14.1. The first-order valence-electron chi connectivity index (χ1n) is 7.02. The molecular formula is C16H16INO3. The number of hydrogen-bond donors (Lipinski definition) is 1. The quantitative estimate of drug-likeness (QED) is 0.483. The van der Waals surface area contributed by atoms with Gasteiger partial charge in [-0.25, -0.2) is 0 Å². The zero-order chi connectivity index (χ0) is 14.8. The predicted molar refractivity (Wildman–Crippen MR) is 87.6 cm³/mol. The molecule has 4 nitrogen and oxygen atoms in total. The molecule has 0 spiro atoms. The maximum atomic E-state index is 12.0. The molecule has 0 aromatic heterocycles. The van der Waals surface area contributed by atoms with Crippen molar-refractivity contribution in [3.05, 3.63) is 40.0 Å². The summed E-state index contributed by atoms with van der Waals surface area (Å²) < 4.78 is 6.25. The van der Waals surface area contributed by atoms with Crippen LogP contribution < -0.4 is 5.32 Å². The Bertz CT molecular complexity index is 582. The Kier molecular flexibility index (Phi) is 4.28. The molecule has 3 rings (SSSR count). The number of carbonyl (C=O) groups is 2. The van der Waals surface area contributed by atoms with Crippen LogP contribution in [0.2, 0.25) is 0 Å². The zero-order valence-electron chi connectivity index (χ0n) is 11.4. The third-order valence-corrected chi connectivity index (χ3v) is 4.77. The Morgan fingerprint density at radius 3 is 2.57 bits per heavy atom. The lowest BCUT2D eigenvalue weighted by atomic mass is 9.94. The van der Waals surface area contributed by atoms with Crippen LogP contribution in [0.4, 0.5) is 5.69 Å². The molecule has 110 valence electrons. The first-order chi connectivity index (χ1) is 10.1. The lowest BCUT2D eigenvalue weighted by Gasteiger charge is -2.16. The summed E-state index contributed by atoms with van der Waals surface area (Å²) in [6, 6.07) is 7.46. The largest absolute Gasteiger partial charge is 0.455 e. The standard InChI is InChI=1S/C16H16INO3/c17-12-3-5-13(6-4-12)18-15(19)9-21-16(20)14-8-10-1-2-11(14)7-10/h1-6,10-11,14H,7-9H2,(H,18,19). The van der Waals surface area contributed by atoms with Gasteiger partial charge >= 0.3 is 5.97 Å². The fourth-order valence-corrected chi connectivity index (χ4v) is 3.39. The van der Waals surface area contributed by atoms with Crippen molar-refractivity contribution in [2.75, 3.05) is 11.9 Å². The van der Waals surface area contributed by atoms with E-state index in [1.165, 1.54) is 0 Å². The van der Waals surface area contributed by atoms with Crippen molar-refractivity contribution in [3.63, 3.8) is 0 Å². The predicted octanol–water partition coefficient (Wildman–Crippen LogP) is 2.99. The maximum Gasteiger partial charge on any atom is 0.310 e. The fraction of sp³-hybridized carbons (Fsp3) is 0.375. The highest BCUT2D eigenvalue weighted by Crippen LogP contribution is 2.43. The summed E-state index contributed by atoms with van der Waals surface area (Å²) in [5, 5.41) is 2.72. The third-order valence-electron chi connectivity index (χ3n) is 4.06. The maximum absolute atomic E-state index is 12.0. The van der Waals surface area contributed by atoms with E-state index in [1.54, 1.807) is 0 Å². The van der Waals surface area contributed by atoms with Gasteiger partial charge in [-0.05, 0) is 71.5 Å². The number of anilines is 1. The lowest BCUT2D eigenvalue weighted by molar-refractivity contribution is -0.152. The molecule has 5 heteroatoms. The van der Waals surface area contributed by atoms with Gasteiger partial charge in [0.15, 0.2) is 6.61 Å². The van der Waals surface area contributed by atoms with Crippen molar-refractivity contribution >= 4 is 40.2 Å². The summed E-state index contributed by atoms with van der Waals surface area (Å²) in [6.45, 7) is -0.220. The topological polar surface area (TPSA) is 55.4 Å². The van der Waals surface area contributed by atoms with Gasteiger partial charge in [-0.3, -0.25) is 9.59 Å². The molecule has 1 amide bonds. The van der Waals surface area contributed by atoms with Gasteiger partial charge in [-0.15, -0.1) is 0 Å². The highest BCUT2D eigenvalue weighted by Gasteiger charge is 2.40. The lowest BCUT2D eigenvalue weighted by Crippen LogP contribution is -2.26. The number of esters is 1. The van der Waals surface area contributed by atoms with Crippen LogP contribution in [0.15, 0.2) is 36.4 Å². The van der Waals surface area contributed by atoms with E-state index in [-0.39, 0.29) is 24.4 Å². The van der Waals surface area contributed by atoms with Crippen LogP contribution in [0.5, 0.6) is 0 Å². The van der Waals surface area contributed by atoms with Crippen molar-refractivity contribution in [2.24, 2.45) is 17.8 Å². The van der Waals surface area contributed by atoms with Gasteiger partial charge in [0.1, 0.15) is 0 Å².